The molecular weight excluding hydrogens is 412 g/mol. The first kappa shape index (κ1) is 23.0. The third kappa shape index (κ3) is 6.11. The molecule has 0 aromatic heterocycles. The number of hydrogen-bond acceptors (Lipinski definition) is 4. The van der Waals surface area contributed by atoms with E-state index in [-0.39, 0.29) is 12.2 Å². The number of nitrogens with zero attached hydrogens (tertiary/aromatic N) is 1. The lowest BCUT2D eigenvalue weighted by Crippen LogP contribution is -2.40. The van der Waals surface area contributed by atoms with E-state index in [2.05, 4.69) is 37.4 Å². The minimum atomic E-state index is -3.73. The second kappa shape index (κ2) is 9.98. The standard InChI is InChI=1S/C21H27ClN2O4S/c1-5-15-7-8-16(6-2)17(11-15)13-23-21(25)14-24(29(4,26)27)19-12-18(22)9-10-20(19)28-3/h7-12H,5-6,13-14H2,1-4H3,(H,23,25). The van der Waals surface area contributed by atoms with Crippen LogP contribution in [-0.4, -0.2) is 34.2 Å². The number of aryl methyl sites for hydroxylation is 2. The highest BCUT2D eigenvalue weighted by atomic mass is 35.5. The monoisotopic (exact) mass is 438 g/mol. The van der Waals surface area contributed by atoms with Crippen LogP contribution in [0.25, 0.3) is 0 Å². The number of amides is 1. The molecule has 0 saturated carbocycles. The van der Waals surface area contributed by atoms with Crippen LogP contribution in [0.15, 0.2) is 36.4 Å². The molecule has 29 heavy (non-hydrogen) atoms. The van der Waals surface area contributed by atoms with Crippen LogP contribution < -0.4 is 14.4 Å². The molecule has 0 aliphatic rings. The van der Waals surface area contributed by atoms with E-state index < -0.39 is 15.9 Å². The topological polar surface area (TPSA) is 75.7 Å². The van der Waals surface area contributed by atoms with Crippen molar-refractivity contribution in [2.75, 3.05) is 24.2 Å². The SMILES string of the molecule is CCc1ccc(CC)c(CNC(=O)CN(c2cc(Cl)ccc2OC)S(C)(=O)=O)c1. The Balaban J connectivity index is 2.22. The maximum atomic E-state index is 12.6. The van der Waals surface area contributed by atoms with E-state index >= 15 is 0 Å². The Kier molecular flexibility index (Phi) is 7.93. The molecule has 8 heteroatoms. The van der Waals surface area contributed by atoms with Gasteiger partial charge in [-0.25, -0.2) is 8.42 Å². The van der Waals surface area contributed by atoms with Crippen molar-refractivity contribution in [3.05, 3.63) is 58.1 Å². The molecule has 2 aromatic rings. The van der Waals surface area contributed by atoms with Crippen LogP contribution >= 0.6 is 11.6 Å². The fraction of sp³-hybridized carbons (Fsp3) is 0.381. The summed E-state index contributed by atoms with van der Waals surface area (Å²) in [6.07, 6.45) is 2.80. The molecule has 0 saturated heterocycles. The fourth-order valence-electron chi connectivity index (χ4n) is 3.03. The molecule has 2 aromatic carbocycles. The van der Waals surface area contributed by atoms with Crippen molar-refractivity contribution < 1.29 is 17.9 Å². The zero-order valence-corrected chi connectivity index (χ0v) is 18.7. The number of ether oxygens (including phenoxy) is 1. The highest BCUT2D eigenvalue weighted by molar-refractivity contribution is 7.92. The van der Waals surface area contributed by atoms with Gasteiger partial charge in [-0.05, 0) is 47.7 Å². The predicted molar refractivity (Wildman–Crippen MR) is 117 cm³/mol. The molecule has 158 valence electrons. The number of carbonyl (C=O) groups excluding carboxylic acids is 1. The summed E-state index contributed by atoms with van der Waals surface area (Å²) in [4.78, 5) is 12.6. The zero-order chi connectivity index (χ0) is 21.6. The van der Waals surface area contributed by atoms with Crippen molar-refractivity contribution >= 4 is 33.2 Å². The average Bonchev–Trinajstić information content (AvgIpc) is 2.69. The molecule has 0 atom stereocenters. The maximum absolute atomic E-state index is 12.6. The molecule has 0 aliphatic carbocycles. The Hall–Kier alpha value is -2.25. The minimum Gasteiger partial charge on any atom is -0.495 e. The Bertz CT molecular complexity index is 977. The summed E-state index contributed by atoms with van der Waals surface area (Å²) in [7, 11) is -2.30. The zero-order valence-electron chi connectivity index (χ0n) is 17.2. The molecule has 6 nitrogen and oxygen atoms in total. The molecule has 0 spiro atoms. The van der Waals surface area contributed by atoms with Gasteiger partial charge in [0.05, 0.1) is 19.1 Å². The van der Waals surface area contributed by atoms with Crippen molar-refractivity contribution in [2.24, 2.45) is 0 Å². The predicted octanol–water partition coefficient (Wildman–Crippen LogP) is 3.56. The van der Waals surface area contributed by atoms with Gasteiger partial charge in [-0.3, -0.25) is 9.10 Å². The van der Waals surface area contributed by atoms with E-state index in [1.165, 1.54) is 18.7 Å². The van der Waals surface area contributed by atoms with Gasteiger partial charge in [0.15, 0.2) is 0 Å². The van der Waals surface area contributed by atoms with Gasteiger partial charge in [-0.1, -0.05) is 43.6 Å². The largest absolute Gasteiger partial charge is 0.495 e. The van der Waals surface area contributed by atoms with E-state index in [4.69, 9.17) is 16.3 Å². The molecule has 1 N–H and O–H groups in total. The summed E-state index contributed by atoms with van der Waals surface area (Å²) < 4.78 is 30.9. The molecule has 0 radical (unpaired) electrons. The lowest BCUT2D eigenvalue weighted by molar-refractivity contribution is -0.119. The lowest BCUT2D eigenvalue weighted by Gasteiger charge is -2.24. The van der Waals surface area contributed by atoms with Gasteiger partial charge in [0, 0.05) is 11.6 Å². The number of rotatable bonds is 9. The Morgan fingerprint density at radius 2 is 1.83 bits per heavy atom. The first-order valence-corrected chi connectivity index (χ1v) is 11.6. The first-order chi connectivity index (χ1) is 13.7. The third-order valence-electron chi connectivity index (χ3n) is 4.63. The number of carbonyl (C=O) groups is 1. The third-order valence-corrected chi connectivity index (χ3v) is 5.99. The van der Waals surface area contributed by atoms with Crippen LogP contribution in [0.3, 0.4) is 0 Å². The van der Waals surface area contributed by atoms with E-state index in [1.807, 2.05) is 0 Å². The van der Waals surface area contributed by atoms with Crippen LogP contribution in [0, 0.1) is 0 Å². The van der Waals surface area contributed by atoms with E-state index in [9.17, 15) is 13.2 Å². The van der Waals surface area contributed by atoms with Crippen molar-refractivity contribution in [3.63, 3.8) is 0 Å². The molecule has 1 amide bonds. The van der Waals surface area contributed by atoms with Gasteiger partial charge in [0.1, 0.15) is 12.3 Å². The minimum absolute atomic E-state index is 0.222. The van der Waals surface area contributed by atoms with Gasteiger partial charge in [-0.15, -0.1) is 0 Å². The number of sulfonamides is 1. The molecule has 2 rings (SSSR count). The van der Waals surface area contributed by atoms with Gasteiger partial charge in [-0.2, -0.15) is 0 Å². The van der Waals surface area contributed by atoms with Crippen molar-refractivity contribution in [1.82, 2.24) is 5.32 Å². The highest BCUT2D eigenvalue weighted by Crippen LogP contribution is 2.32. The van der Waals surface area contributed by atoms with Crippen molar-refractivity contribution in [3.8, 4) is 5.75 Å². The van der Waals surface area contributed by atoms with Crippen LogP contribution in [0.2, 0.25) is 5.02 Å². The number of anilines is 1. The molecular formula is C21H27ClN2O4S. The number of nitrogens with one attached hydrogen (secondary N) is 1. The molecule has 0 bridgehead atoms. The van der Waals surface area contributed by atoms with Crippen molar-refractivity contribution in [2.45, 2.75) is 33.2 Å². The summed E-state index contributed by atoms with van der Waals surface area (Å²) in [5.74, 6) is -0.0991. The molecule has 0 aliphatic heterocycles. The summed E-state index contributed by atoms with van der Waals surface area (Å²) in [6.45, 7) is 4.10. The number of halogens is 1. The second-order valence-corrected chi connectivity index (χ2v) is 9.02. The van der Waals surface area contributed by atoms with E-state index in [0.29, 0.717) is 17.3 Å². The molecule has 0 fully saturated rings. The quantitative estimate of drug-likeness (QED) is 0.649. The van der Waals surface area contributed by atoms with Crippen molar-refractivity contribution in [1.29, 1.82) is 0 Å². The molecule has 0 heterocycles. The lowest BCUT2D eigenvalue weighted by atomic mass is 10.0. The van der Waals surface area contributed by atoms with Crippen LogP contribution in [-0.2, 0) is 34.2 Å². The number of hydrogen-bond donors (Lipinski definition) is 1. The van der Waals surface area contributed by atoms with Gasteiger partial charge >= 0.3 is 0 Å². The smallest absolute Gasteiger partial charge is 0.241 e. The summed E-state index contributed by atoms with van der Waals surface area (Å²) in [6, 6.07) is 10.9. The van der Waals surface area contributed by atoms with Gasteiger partial charge in [0.25, 0.3) is 0 Å². The highest BCUT2D eigenvalue weighted by Gasteiger charge is 2.24. The summed E-state index contributed by atoms with van der Waals surface area (Å²) >= 11 is 6.03. The van der Waals surface area contributed by atoms with Gasteiger partial charge in [0.2, 0.25) is 15.9 Å². The Morgan fingerprint density at radius 1 is 1.10 bits per heavy atom. The fourth-order valence-corrected chi connectivity index (χ4v) is 4.05. The van der Waals surface area contributed by atoms with E-state index in [0.717, 1.165) is 34.5 Å². The Morgan fingerprint density at radius 3 is 2.41 bits per heavy atom. The summed E-state index contributed by atoms with van der Waals surface area (Å²) in [5, 5.41) is 3.18. The average molecular weight is 439 g/mol. The molecule has 0 unspecified atom stereocenters. The number of methoxy groups -OCH3 is 1. The normalized spacial score (nSPS) is 11.2. The van der Waals surface area contributed by atoms with Crippen LogP contribution in [0.4, 0.5) is 5.69 Å². The maximum Gasteiger partial charge on any atom is 0.241 e. The van der Waals surface area contributed by atoms with Gasteiger partial charge < -0.3 is 10.1 Å². The summed E-state index contributed by atoms with van der Waals surface area (Å²) in [5.41, 5.74) is 3.60. The van der Waals surface area contributed by atoms with E-state index in [1.54, 1.807) is 12.1 Å². The first-order valence-electron chi connectivity index (χ1n) is 9.38. The second-order valence-electron chi connectivity index (χ2n) is 6.67. The van der Waals surface area contributed by atoms with Crippen LogP contribution in [0.1, 0.15) is 30.5 Å². The number of benzene rings is 2. The Labute approximate surface area is 177 Å². The van der Waals surface area contributed by atoms with Crippen LogP contribution in [0.5, 0.6) is 5.75 Å².